The van der Waals surface area contributed by atoms with Gasteiger partial charge in [-0.1, -0.05) is 34.5 Å². The number of rotatable bonds is 8. The second kappa shape index (κ2) is 10.5. The Kier molecular flexibility index (Phi) is 7.74. The molecular formula is C22H27BrN2O3. The zero-order chi connectivity index (χ0) is 19.8. The van der Waals surface area contributed by atoms with Gasteiger partial charge in [0.2, 0.25) is 0 Å². The van der Waals surface area contributed by atoms with Crippen LogP contribution in [0.5, 0.6) is 11.5 Å². The monoisotopic (exact) mass is 446 g/mol. The average Bonchev–Trinajstić information content (AvgIpc) is 2.74. The minimum atomic E-state index is -0.113. The molecule has 5 nitrogen and oxygen atoms in total. The van der Waals surface area contributed by atoms with E-state index < -0.39 is 0 Å². The maximum Gasteiger partial charge on any atom is 0.258 e. The average molecular weight is 447 g/mol. The van der Waals surface area contributed by atoms with Gasteiger partial charge in [-0.15, -0.1) is 0 Å². The van der Waals surface area contributed by atoms with Crippen LogP contribution in [-0.4, -0.2) is 44.2 Å². The van der Waals surface area contributed by atoms with Gasteiger partial charge >= 0.3 is 0 Å². The maximum absolute atomic E-state index is 12.3. The van der Waals surface area contributed by atoms with Crippen LogP contribution in [0.4, 0.5) is 0 Å². The standard InChI is InChI=1S/C22H27BrN2O3/c1-27-19-9-5-17(6-10-19)21(25-13-3-2-4-14-25)15-24-22(26)16-28-20-11-7-18(23)8-12-20/h5-12,21H,2-4,13-16H2,1H3,(H,24,26)/t21-/m0/s1. The van der Waals surface area contributed by atoms with Gasteiger partial charge in [0.05, 0.1) is 13.2 Å². The van der Waals surface area contributed by atoms with Crippen LogP contribution in [-0.2, 0) is 4.79 Å². The highest BCUT2D eigenvalue weighted by atomic mass is 79.9. The lowest BCUT2D eigenvalue weighted by atomic mass is 10.0. The molecule has 0 spiro atoms. The Labute approximate surface area is 175 Å². The number of likely N-dealkylation sites (tertiary alicyclic amines) is 1. The molecular weight excluding hydrogens is 420 g/mol. The van der Waals surface area contributed by atoms with E-state index in [9.17, 15) is 4.79 Å². The molecule has 0 saturated carbocycles. The number of hydrogen-bond acceptors (Lipinski definition) is 4. The first kappa shape index (κ1) is 20.7. The first-order valence-corrected chi connectivity index (χ1v) is 10.5. The Balaban J connectivity index is 1.58. The zero-order valence-corrected chi connectivity index (χ0v) is 17.8. The van der Waals surface area contributed by atoms with E-state index in [-0.39, 0.29) is 18.6 Å². The molecule has 28 heavy (non-hydrogen) atoms. The Morgan fingerprint density at radius 2 is 1.68 bits per heavy atom. The Morgan fingerprint density at radius 3 is 2.32 bits per heavy atom. The molecule has 1 N–H and O–H groups in total. The summed E-state index contributed by atoms with van der Waals surface area (Å²) in [6, 6.07) is 15.7. The van der Waals surface area contributed by atoms with Crippen molar-refractivity contribution in [1.29, 1.82) is 0 Å². The molecule has 1 fully saturated rings. The second-order valence-electron chi connectivity index (χ2n) is 6.93. The van der Waals surface area contributed by atoms with Crippen LogP contribution in [0.1, 0.15) is 30.9 Å². The van der Waals surface area contributed by atoms with Gasteiger partial charge in [0.25, 0.3) is 5.91 Å². The van der Waals surface area contributed by atoms with Crippen molar-refractivity contribution in [1.82, 2.24) is 10.2 Å². The summed E-state index contributed by atoms with van der Waals surface area (Å²) in [5, 5.41) is 3.04. The summed E-state index contributed by atoms with van der Waals surface area (Å²) >= 11 is 3.39. The molecule has 0 bridgehead atoms. The van der Waals surface area contributed by atoms with E-state index in [1.165, 1.54) is 24.8 Å². The molecule has 0 radical (unpaired) electrons. The summed E-state index contributed by atoms with van der Waals surface area (Å²) in [6.07, 6.45) is 3.68. The fourth-order valence-electron chi connectivity index (χ4n) is 3.46. The van der Waals surface area contributed by atoms with E-state index in [4.69, 9.17) is 9.47 Å². The number of nitrogens with zero attached hydrogens (tertiary/aromatic N) is 1. The van der Waals surface area contributed by atoms with Crippen molar-refractivity contribution in [3.05, 3.63) is 58.6 Å². The second-order valence-corrected chi connectivity index (χ2v) is 7.85. The van der Waals surface area contributed by atoms with Crippen LogP contribution in [0, 0.1) is 0 Å². The summed E-state index contributed by atoms with van der Waals surface area (Å²) in [7, 11) is 1.67. The predicted molar refractivity (Wildman–Crippen MR) is 114 cm³/mol. The third-order valence-corrected chi connectivity index (χ3v) is 5.54. The zero-order valence-electron chi connectivity index (χ0n) is 16.2. The third kappa shape index (κ3) is 5.97. The van der Waals surface area contributed by atoms with Gasteiger partial charge in [-0.25, -0.2) is 0 Å². The molecule has 0 unspecified atom stereocenters. The van der Waals surface area contributed by atoms with E-state index in [1.807, 2.05) is 36.4 Å². The van der Waals surface area contributed by atoms with E-state index in [2.05, 4.69) is 38.3 Å². The summed E-state index contributed by atoms with van der Waals surface area (Å²) < 4.78 is 11.8. The lowest BCUT2D eigenvalue weighted by molar-refractivity contribution is -0.123. The number of amides is 1. The number of halogens is 1. The number of carbonyl (C=O) groups excluding carboxylic acids is 1. The number of ether oxygens (including phenoxy) is 2. The van der Waals surface area contributed by atoms with Crippen molar-refractivity contribution in [3.63, 3.8) is 0 Å². The van der Waals surface area contributed by atoms with Crippen molar-refractivity contribution in [2.24, 2.45) is 0 Å². The van der Waals surface area contributed by atoms with E-state index >= 15 is 0 Å². The van der Waals surface area contributed by atoms with Gasteiger partial charge in [0.15, 0.2) is 6.61 Å². The van der Waals surface area contributed by atoms with Crippen molar-refractivity contribution in [2.45, 2.75) is 25.3 Å². The molecule has 1 amide bonds. The summed E-state index contributed by atoms with van der Waals surface area (Å²) in [5.41, 5.74) is 1.19. The van der Waals surface area contributed by atoms with E-state index in [0.717, 1.165) is 23.3 Å². The van der Waals surface area contributed by atoms with Crippen molar-refractivity contribution in [2.75, 3.05) is 33.4 Å². The van der Waals surface area contributed by atoms with Crippen LogP contribution in [0.3, 0.4) is 0 Å². The fraction of sp³-hybridized carbons (Fsp3) is 0.409. The van der Waals surface area contributed by atoms with Gasteiger partial charge in [-0.2, -0.15) is 0 Å². The van der Waals surface area contributed by atoms with E-state index in [1.54, 1.807) is 7.11 Å². The first-order chi connectivity index (χ1) is 13.7. The lowest BCUT2D eigenvalue weighted by Crippen LogP contribution is -2.41. The molecule has 1 saturated heterocycles. The molecule has 2 aromatic rings. The van der Waals surface area contributed by atoms with Gasteiger partial charge in [0.1, 0.15) is 11.5 Å². The molecule has 1 atom stereocenters. The van der Waals surface area contributed by atoms with Crippen LogP contribution >= 0.6 is 15.9 Å². The summed E-state index contributed by atoms with van der Waals surface area (Å²) in [5.74, 6) is 1.41. The summed E-state index contributed by atoms with van der Waals surface area (Å²) in [4.78, 5) is 14.8. The van der Waals surface area contributed by atoms with Crippen molar-refractivity contribution in [3.8, 4) is 11.5 Å². The van der Waals surface area contributed by atoms with Crippen molar-refractivity contribution >= 4 is 21.8 Å². The molecule has 2 aromatic carbocycles. The minimum absolute atomic E-state index is 0.0109. The minimum Gasteiger partial charge on any atom is -0.497 e. The molecule has 6 heteroatoms. The van der Waals surface area contributed by atoms with Crippen molar-refractivity contribution < 1.29 is 14.3 Å². The topological polar surface area (TPSA) is 50.8 Å². The molecule has 0 aromatic heterocycles. The Hall–Kier alpha value is -2.05. The predicted octanol–water partition coefficient (Wildman–Crippen LogP) is 4.18. The number of piperidine rings is 1. The largest absolute Gasteiger partial charge is 0.497 e. The Morgan fingerprint density at radius 1 is 1.04 bits per heavy atom. The Bertz CT molecular complexity index is 743. The molecule has 1 aliphatic rings. The molecule has 1 aliphatic heterocycles. The number of nitrogens with one attached hydrogen (secondary N) is 1. The fourth-order valence-corrected chi connectivity index (χ4v) is 3.72. The van der Waals surface area contributed by atoms with Gasteiger partial charge in [-0.05, 0) is 67.9 Å². The molecule has 3 rings (SSSR count). The highest BCUT2D eigenvalue weighted by Crippen LogP contribution is 2.26. The summed E-state index contributed by atoms with van der Waals surface area (Å²) in [6.45, 7) is 2.69. The quantitative estimate of drug-likeness (QED) is 0.660. The highest BCUT2D eigenvalue weighted by molar-refractivity contribution is 9.10. The van der Waals surface area contributed by atoms with Crippen LogP contribution in [0.2, 0.25) is 0 Å². The molecule has 150 valence electrons. The number of hydrogen-bond donors (Lipinski definition) is 1. The van der Waals surface area contributed by atoms with Gasteiger partial charge < -0.3 is 14.8 Å². The molecule has 1 heterocycles. The van der Waals surface area contributed by atoms with Gasteiger partial charge in [-0.3, -0.25) is 9.69 Å². The van der Waals surface area contributed by atoms with Gasteiger partial charge in [0, 0.05) is 11.0 Å². The number of carbonyl (C=O) groups is 1. The highest BCUT2D eigenvalue weighted by Gasteiger charge is 2.23. The van der Waals surface area contributed by atoms with Crippen LogP contribution < -0.4 is 14.8 Å². The number of methoxy groups -OCH3 is 1. The maximum atomic E-state index is 12.3. The smallest absolute Gasteiger partial charge is 0.258 e. The van der Waals surface area contributed by atoms with Crippen LogP contribution in [0.25, 0.3) is 0 Å². The molecule has 0 aliphatic carbocycles. The van der Waals surface area contributed by atoms with Crippen LogP contribution in [0.15, 0.2) is 53.0 Å². The van der Waals surface area contributed by atoms with E-state index in [0.29, 0.717) is 12.3 Å². The normalized spacial score (nSPS) is 15.6. The third-order valence-electron chi connectivity index (χ3n) is 5.01. The SMILES string of the molecule is COc1ccc([C@H](CNC(=O)COc2ccc(Br)cc2)N2CCCCC2)cc1. The first-order valence-electron chi connectivity index (χ1n) is 9.69. The lowest BCUT2D eigenvalue weighted by Gasteiger charge is -2.35. The number of benzene rings is 2.